The van der Waals surface area contributed by atoms with E-state index in [2.05, 4.69) is 18.8 Å². The van der Waals surface area contributed by atoms with Gasteiger partial charge in [-0.3, -0.25) is 4.79 Å². The molecule has 4 heteroatoms. The minimum Gasteiger partial charge on any atom is -0.494 e. The number of amides is 1. The average molecular weight is 275 g/mol. The van der Waals surface area contributed by atoms with Gasteiger partial charge in [0.15, 0.2) is 0 Å². The highest BCUT2D eigenvalue weighted by atomic mass is 16.5. The monoisotopic (exact) mass is 275 g/mol. The Kier molecular flexibility index (Phi) is 4.02. The fourth-order valence-electron chi connectivity index (χ4n) is 2.38. The van der Waals surface area contributed by atoms with Crippen LogP contribution < -0.4 is 10.1 Å². The van der Waals surface area contributed by atoms with Crippen molar-refractivity contribution in [3.05, 3.63) is 35.4 Å². The second-order valence-corrected chi connectivity index (χ2v) is 4.99. The largest absolute Gasteiger partial charge is 0.494 e. The van der Waals surface area contributed by atoms with Gasteiger partial charge < -0.3 is 14.8 Å². The van der Waals surface area contributed by atoms with Crippen LogP contribution in [0, 0.1) is 0 Å². The molecule has 0 bridgehead atoms. The predicted molar refractivity (Wildman–Crippen MR) is 79.0 cm³/mol. The number of rotatable bonds is 4. The van der Waals surface area contributed by atoms with Crippen LogP contribution in [0.3, 0.4) is 0 Å². The molecule has 2 atom stereocenters. The summed E-state index contributed by atoms with van der Waals surface area (Å²) in [5.41, 5.74) is 2.40. The average Bonchev–Trinajstić information content (AvgIpc) is 2.73. The summed E-state index contributed by atoms with van der Waals surface area (Å²) in [6.45, 7) is 10.5. The van der Waals surface area contributed by atoms with Crippen LogP contribution in [0.15, 0.2) is 18.7 Å². The molecule has 1 aliphatic heterocycles. The van der Waals surface area contributed by atoms with Crippen molar-refractivity contribution in [1.29, 1.82) is 0 Å². The zero-order valence-corrected chi connectivity index (χ0v) is 12.4. The lowest BCUT2D eigenvalue weighted by molar-refractivity contribution is 0.0958. The molecule has 0 spiro atoms. The SMILES string of the molecule is C=C(OCC)c1cc(C(=O)NC)c2c(c1)[C@H](C)[C@@H](C)O2. The Hall–Kier alpha value is -1.97. The topological polar surface area (TPSA) is 47.6 Å². The maximum atomic E-state index is 12.1. The third-order valence-corrected chi connectivity index (χ3v) is 3.73. The van der Waals surface area contributed by atoms with Crippen molar-refractivity contribution in [2.45, 2.75) is 32.8 Å². The first kappa shape index (κ1) is 14.4. The third-order valence-electron chi connectivity index (χ3n) is 3.73. The molecule has 0 radical (unpaired) electrons. The Morgan fingerprint density at radius 3 is 2.75 bits per heavy atom. The molecule has 1 aromatic rings. The molecule has 0 fully saturated rings. The molecule has 1 amide bonds. The molecule has 0 aromatic heterocycles. The van der Waals surface area contributed by atoms with Crippen molar-refractivity contribution in [1.82, 2.24) is 5.32 Å². The molecule has 0 aliphatic carbocycles. The van der Waals surface area contributed by atoms with Gasteiger partial charge in [-0.05, 0) is 26.0 Å². The molecule has 0 unspecified atom stereocenters. The highest BCUT2D eigenvalue weighted by Gasteiger charge is 2.32. The normalized spacial score (nSPS) is 20.0. The Labute approximate surface area is 119 Å². The van der Waals surface area contributed by atoms with Crippen molar-refractivity contribution in [2.24, 2.45) is 0 Å². The summed E-state index contributed by atoms with van der Waals surface area (Å²) in [6, 6.07) is 3.79. The fraction of sp³-hybridized carbons (Fsp3) is 0.438. The zero-order valence-electron chi connectivity index (χ0n) is 12.4. The molecule has 4 nitrogen and oxygen atoms in total. The zero-order chi connectivity index (χ0) is 14.9. The molecule has 2 rings (SSSR count). The summed E-state index contributed by atoms with van der Waals surface area (Å²) in [5, 5.41) is 2.65. The second kappa shape index (κ2) is 5.57. The van der Waals surface area contributed by atoms with Gasteiger partial charge in [0.2, 0.25) is 0 Å². The highest BCUT2D eigenvalue weighted by molar-refractivity contribution is 5.98. The highest BCUT2D eigenvalue weighted by Crippen LogP contribution is 2.42. The molecule has 1 N–H and O–H groups in total. The van der Waals surface area contributed by atoms with Gasteiger partial charge in [0.25, 0.3) is 5.91 Å². The van der Waals surface area contributed by atoms with Crippen LogP contribution in [0.25, 0.3) is 5.76 Å². The number of carbonyl (C=O) groups is 1. The molecule has 0 saturated heterocycles. The van der Waals surface area contributed by atoms with Gasteiger partial charge in [-0.1, -0.05) is 13.5 Å². The van der Waals surface area contributed by atoms with Crippen molar-refractivity contribution in [3.8, 4) is 5.75 Å². The number of ether oxygens (including phenoxy) is 2. The van der Waals surface area contributed by atoms with E-state index in [-0.39, 0.29) is 17.9 Å². The molecule has 0 saturated carbocycles. The van der Waals surface area contributed by atoms with E-state index in [1.54, 1.807) is 13.1 Å². The summed E-state index contributed by atoms with van der Waals surface area (Å²) in [6.07, 6.45) is 0.0593. The van der Waals surface area contributed by atoms with Gasteiger partial charge in [-0.25, -0.2) is 0 Å². The third kappa shape index (κ3) is 2.38. The van der Waals surface area contributed by atoms with E-state index in [0.717, 1.165) is 11.1 Å². The van der Waals surface area contributed by atoms with E-state index in [0.29, 0.717) is 23.7 Å². The van der Waals surface area contributed by atoms with Crippen LogP contribution in [-0.4, -0.2) is 25.7 Å². The van der Waals surface area contributed by atoms with E-state index in [9.17, 15) is 4.79 Å². The summed E-state index contributed by atoms with van der Waals surface area (Å²) in [4.78, 5) is 12.1. The lowest BCUT2D eigenvalue weighted by atomic mass is 9.94. The van der Waals surface area contributed by atoms with E-state index < -0.39 is 0 Å². The van der Waals surface area contributed by atoms with Gasteiger partial charge in [0, 0.05) is 24.1 Å². The minimum atomic E-state index is -0.159. The van der Waals surface area contributed by atoms with Crippen LogP contribution in [0.5, 0.6) is 5.75 Å². The number of fused-ring (bicyclic) bond motifs is 1. The number of nitrogens with one attached hydrogen (secondary N) is 1. The smallest absolute Gasteiger partial charge is 0.254 e. The number of benzene rings is 1. The van der Waals surface area contributed by atoms with E-state index in [1.807, 2.05) is 19.9 Å². The molecular weight excluding hydrogens is 254 g/mol. The molecule has 20 heavy (non-hydrogen) atoms. The predicted octanol–water partition coefficient (Wildman–Crippen LogP) is 2.94. The van der Waals surface area contributed by atoms with Gasteiger partial charge in [0.05, 0.1) is 12.2 Å². The van der Waals surface area contributed by atoms with Gasteiger partial charge >= 0.3 is 0 Å². The van der Waals surface area contributed by atoms with Gasteiger partial charge in [0.1, 0.15) is 17.6 Å². The Morgan fingerprint density at radius 2 is 2.15 bits per heavy atom. The number of carbonyl (C=O) groups excluding carboxylic acids is 1. The van der Waals surface area contributed by atoms with Crippen LogP contribution in [0.2, 0.25) is 0 Å². The summed E-state index contributed by atoms with van der Waals surface area (Å²) in [7, 11) is 1.61. The fourth-order valence-corrected chi connectivity index (χ4v) is 2.38. The van der Waals surface area contributed by atoms with Gasteiger partial charge in [-0.2, -0.15) is 0 Å². The minimum absolute atomic E-state index is 0.0593. The summed E-state index contributed by atoms with van der Waals surface area (Å²) in [5.74, 6) is 1.33. The molecule has 108 valence electrons. The summed E-state index contributed by atoms with van der Waals surface area (Å²) < 4.78 is 11.3. The van der Waals surface area contributed by atoms with E-state index >= 15 is 0 Å². The first-order valence-electron chi connectivity index (χ1n) is 6.88. The summed E-state index contributed by atoms with van der Waals surface area (Å²) >= 11 is 0. The molecule has 1 aliphatic rings. The molecular formula is C16H21NO3. The van der Waals surface area contributed by atoms with Crippen LogP contribution in [-0.2, 0) is 4.74 Å². The van der Waals surface area contributed by atoms with E-state index in [1.165, 1.54) is 0 Å². The van der Waals surface area contributed by atoms with Crippen molar-refractivity contribution in [3.63, 3.8) is 0 Å². The van der Waals surface area contributed by atoms with Crippen molar-refractivity contribution >= 4 is 11.7 Å². The molecule has 1 heterocycles. The van der Waals surface area contributed by atoms with Crippen LogP contribution in [0.1, 0.15) is 48.2 Å². The van der Waals surface area contributed by atoms with Crippen LogP contribution in [0.4, 0.5) is 0 Å². The lowest BCUT2D eigenvalue weighted by Crippen LogP contribution is -2.19. The lowest BCUT2D eigenvalue weighted by Gasteiger charge is -2.12. The quantitative estimate of drug-likeness (QED) is 0.859. The number of hydrogen-bond acceptors (Lipinski definition) is 3. The molecule has 1 aromatic carbocycles. The van der Waals surface area contributed by atoms with E-state index in [4.69, 9.17) is 9.47 Å². The Morgan fingerprint density at radius 1 is 1.45 bits per heavy atom. The first-order valence-corrected chi connectivity index (χ1v) is 6.88. The number of hydrogen-bond donors (Lipinski definition) is 1. The second-order valence-electron chi connectivity index (χ2n) is 4.99. The maximum absolute atomic E-state index is 12.1. The Balaban J connectivity index is 2.54. The maximum Gasteiger partial charge on any atom is 0.254 e. The first-order chi connectivity index (χ1) is 9.49. The van der Waals surface area contributed by atoms with Gasteiger partial charge in [-0.15, -0.1) is 0 Å². The standard InChI is InChI=1S/C16H21NO3/c1-6-19-11(4)12-7-13-9(2)10(3)20-15(13)14(8-12)16(18)17-5/h7-10H,4,6H2,1-3,5H3,(H,17,18)/t9-,10-/m1/s1. The van der Waals surface area contributed by atoms with Crippen LogP contribution >= 0.6 is 0 Å². The van der Waals surface area contributed by atoms with Crippen molar-refractivity contribution in [2.75, 3.05) is 13.7 Å². The Bertz CT molecular complexity index is 551. The van der Waals surface area contributed by atoms with Crippen molar-refractivity contribution < 1.29 is 14.3 Å².